The summed E-state index contributed by atoms with van der Waals surface area (Å²) in [7, 11) is 0. The zero-order valence-corrected chi connectivity index (χ0v) is 14.3. The molecule has 0 aromatic carbocycles. The van der Waals surface area contributed by atoms with Crippen LogP contribution < -0.4 is 0 Å². The highest BCUT2D eigenvalue weighted by atomic mass is 16.6. The van der Waals surface area contributed by atoms with Crippen LogP contribution in [0.1, 0.15) is 47.0 Å². The molecule has 0 aliphatic heterocycles. The summed E-state index contributed by atoms with van der Waals surface area (Å²) in [4.78, 5) is 37.6. The van der Waals surface area contributed by atoms with Crippen molar-refractivity contribution in [1.29, 1.82) is 0 Å². The summed E-state index contributed by atoms with van der Waals surface area (Å²) < 4.78 is 14.9. The Hall–Kier alpha value is -2.03. The molecule has 0 spiro atoms. The van der Waals surface area contributed by atoms with E-state index in [1.165, 1.54) is 0 Å². The molecule has 0 unspecified atom stereocenters. The topological polar surface area (TPSA) is 78.9 Å². The van der Waals surface area contributed by atoms with E-state index in [9.17, 15) is 14.4 Å². The molecule has 0 saturated heterocycles. The first-order valence-electron chi connectivity index (χ1n) is 7.94. The fourth-order valence-corrected chi connectivity index (χ4v) is 2.24. The van der Waals surface area contributed by atoms with E-state index in [1.54, 1.807) is 20.8 Å². The Balaban J connectivity index is 6.10. The van der Waals surface area contributed by atoms with Crippen molar-refractivity contribution in [3.63, 3.8) is 0 Å². The lowest BCUT2D eigenvalue weighted by Crippen LogP contribution is -2.54. The van der Waals surface area contributed by atoms with Crippen molar-refractivity contribution in [2.24, 2.45) is 11.3 Å². The van der Waals surface area contributed by atoms with Gasteiger partial charge >= 0.3 is 17.9 Å². The van der Waals surface area contributed by atoms with E-state index >= 15 is 0 Å². The highest BCUT2D eigenvalue weighted by Gasteiger charge is 2.62. The van der Waals surface area contributed by atoms with Crippen LogP contribution in [0.15, 0.2) is 0 Å². The molecule has 1 atom stereocenters. The van der Waals surface area contributed by atoms with Crippen LogP contribution in [-0.2, 0) is 28.6 Å². The third-order valence-corrected chi connectivity index (χ3v) is 3.36. The zero-order valence-electron chi connectivity index (χ0n) is 14.3. The maximum atomic E-state index is 12.5. The molecule has 130 valence electrons. The number of hydrogen-bond donors (Lipinski definition) is 0. The van der Waals surface area contributed by atoms with E-state index in [1.807, 2.05) is 6.92 Å². The van der Waals surface area contributed by atoms with Crippen molar-refractivity contribution >= 4 is 17.9 Å². The Kier molecular flexibility index (Phi) is 9.71. The molecule has 0 rings (SSSR count). The zero-order chi connectivity index (χ0) is 17.9. The first-order valence-corrected chi connectivity index (χ1v) is 7.94. The van der Waals surface area contributed by atoms with Crippen LogP contribution in [-0.4, -0.2) is 37.7 Å². The molecule has 6 nitrogen and oxygen atoms in total. The predicted molar refractivity (Wildman–Crippen MR) is 84.2 cm³/mol. The van der Waals surface area contributed by atoms with Gasteiger partial charge in [0.25, 0.3) is 5.41 Å². The van der Waals surface area contributed by atoms with E-state index in [2.05, 4.69) is 5.92 Å². The van der Waals surface area contributed by atoms with Gasteiger partial charge in [0.1, 0.15) is 0 Å². The van der Waals surface area contributed by atoms with Gasteiger partial charge in [0, 0.05) is 0 Å². The number of hydrogen-bond acceptors (Lipinski definition) is 6. The van der Waals surface area contributed by atoms with Crippen molar-refractivity contribution in [2.45, 2.75) is 47.0 Å². The number of ether oxygens (including phenoxy) is 3. The Labute approximate surface area is 137 Å². The monoisotopic (exact) mass is 326 g/mol. The maximum absolute atomic E-state index is 12.5. The molecule has 0 aliphatic carbocycles. The van der Waals surface area contributed by atoms with E-state index in [4.69, 9.17) is 20.6 Å². The summed E-state index contributed by atoms with van der Waals surface area (Å²) in [5, 5.41) is 0. The fourth-order valence-electron chi connectivity index (χ4n) is 2.24. The minimum atomic E-state index is -2.27. The summed E-state index contributed by atoms with van der Waals surface area (Å²) in [6.45, 7) is 6.69. The van der Waals surface area contributed by atoms with E-state index in [-0.39, 0.29) is 19.8 Å². The molecule has 0 radical (unpaired) electrons. The Morgan fingerprint density at radius 2 is 1.30 bits per heavy atom. The van der Waals surface area contributed by atoms with Gasteiger partial charge in [-0.15, -0.1) is 12.3 Å². The van der Waals surface area contributed by atoms with Crippen molar-refractivity contribution in [3.8, 4) is 12.3 Å². The summed E-state index contributed by atoms with van der Waals surface area (Å²) in [6, 6.07) is 0. The SMILES string of the molecule is C#C[C@H](CCCC)C(C(=O)OCC)(C(=O)OCC)C(=O)OCC. The average Bonchev–Trinajstić information content (AvgIpc) is 2.51. The summed E-state index contributed by atoms with van der Waals surface area (Å²) >= 11 is 0. The number of terminal acetylenes is 1. The lowest BCUT2D eigenvalue weighted by atomic mass is 9.73. The molecule has 0 aromatic heterocycles. The Morgan fingerprint density at radius 1 is 0.913 bits per heavy atom. The van der Waals surface area contributed by atoms with Crippen molar-refractivity contribution in [1.82, 2.24) is 0 Å². The van der Waals surface area contributed by atoms with Crippen LogP contribution in [0, 0.1) is 23.7 Å². The van der Waals surface area contributed by atoms with Crippen molar-refractivity contribution in [3.05, 3.63) is 0 Å². The smallest absolute Gasteiger partial charge is 0.336 e. The number of carbonyl (C=O) groups is 3. The molecule has 0 aliphatic rings. The van der Waals surface area contributed by atoms with Gasteiger partial charge in [0.2, 0.25) is 0 Å². The molecule has 6 heteroatoms. The summed E-state index contributed by atoms with van der Waals surface area (Å²) in [6.07, 6.45) is 7.28. The molecule has 23 heavy (non-hydrogen) atoms. The molecule has 0 aromatic rings. The summed E-state index contributed by atoms with van der Waals surface area (Å²) in [5.74, 6) is -1.65. The largest absolute Gasteiger partial charge is 0.465 e. The molecule has 0 bridgehead atoms. The normalized spacial score (nSPS) is 12.0. The second kappa shape index (κ2) is 10.7. The van der Waals surface area contributed by atoms with Crippen LogP contribution in [0.25, 0.3) is 0 Å². The second-order valence-electron chi connectivity index (χ2n) is 4.83. The maximum Gasteiger partial charge on any atom is 0.336 e. The molecule has 0 fully saturated rings. The molecule has 0 amide bonds. The molecular formula is C17H26O6. The first kappa shape index (κ1) is 21.0. The highest BCUT2D eigenvalue weighted by Crippen LogP contribution is 2.36. The van der Waals surface area contributed by atoms with Gasteiger partial charge in [-0.3, -0.25) is 14.4 Å². The minimum absolute atomic E-state index is 0.00443. The van der Waals surface area contributed by atoms with Crippen molar-refractivity contribution in [2.75, 3.05) is 19.8 Å². The molecular weight excluding hydrogens is 300 g/mol. The Morgan fingerprint density at radius 3 is 1.57 bits per heavy atom. The van der Waals surface area contributed by atoms with E-state index in [0.29, 0.717) is 12.8 Å². The van der Waals surface area contributed by atoms with Gasteiger partial charge in [-0.1, -0.05) is 19.8 Å². The fraction of sp³-hybridized carbons (Fsp3) is 0.706. The van der Waals surface area contributed by atoms with Crippen LogP contribution in [0.4, 0.5) is 0 Å². The third-order valence-electron chi connectivity index (χ3n) is 3.36. The number of esters is 3. The molecule has 0 N–H and O–H groups in total. The lowest BCUT2D eigenvalue weighted by molar-refractivity contribution is -0.187. The van der Waals surface area contributed by atoms with Crippen molar-refractivity contribution < 1.29 is 28.6 Å². The standard InChI is InChI=1S/C17H26O6/c1-6-11-12-13(7-2)17(14(18)21-8-3,15(19)22-9-4)16(20)23-10-5/h2,13H,6,8-12H2,1,3-5H3/t13-/m1/s1. The highest BCUT2D eigenvalue weighted by molar-refractivity contribution is 6.18. The first-order chi connectivity index (χ1) is 11.0. The van der Waals surface area contributed by atoms with Gasteiger partial charge in [0.15, 0.2) is 0 Å². The van der Waals surface area contributed by atoms with Gasteiger partial charge in [0.05, 0.1) is 25.7 Å². The molecule has 0 saturated carbocycles. The van der Waals surface area contributed by atoms with E-state index < -0.39 is 29.2 Å². The third kappa shape index (κ3) is 4.72. The lowest BCUT2D eigenvalue weighted by Gasteiger charge is -2.31. The van der Waals surface area contributed by atoms with E-state index in [0.717, 1.165) is 6.42 Å². The number of rotatable bonds is 10. The Bertz CT molecular complexity index is 403. The number of unbranched alkanes of at least 4 members (excludes halogenated alkanes) is 1. The van der Waals surface area contributed by atoms with Gasteiger partial charge in [-0.2, -0.15) is 0 Å². The molecule has 0 heterocycles. The van der Waals surface area contributed by atoms with Crippen LogP contribution >= 0.6 is 0 Å². The van der Waals surface area contributed by atoms with Gasteiger partial charge < -0.3 is 14.2 Å². The predicted octanol–water partition coefficient (Wildman–Crippen LogP) is 2.10. The quantitative estimate of drug-likeness (QED) is 0.265. The van der Waals surface area contributed by atoms with Crippen LogP contribution in [0.5, 0.6) is 0 Å². The number of carbonyl (C=O) groups excluding carboxylic acids is 3. The van der Waals surface area contributed by atoms with Crippen LogP contribution in [0.3, 0.4) is 0 Å². The second-order valence-corrected chi connectivity index (χ2v) is 4.83. The van der Waals surface area contributed by atoms with Crippen LogP contribution in [0.2, 0.25) is 0 Å². The minimum Gasteiger partial charge on any atom is -0.465 e. The summed E-state index contributed by atoms with van der Waals surface area (Å²) in [5.41, 5.74) is -2.27. The van der Waals surface area contributed by atoms with Gasteiger partial charge in [-0.05, 0) is 27.2 Å². The average molecular weight is 326 g/mol. The van der Waals surface area contributed by atoms with Gasteiger partial charge in [-0.25, -0.2) is 0 Å².